The van der Waals surface area contributed by atoms with Gasteiger partial charge in [0.15, 0.2) is 6.61 Å². The molecule has 136 valence electrons. The largest absolute Gasteiger partial charge is 0.451 e. The van der Waals surface area contributed by atoms with Crippen LogP contribution in [-0.4, -0.2) is 32.6 Å². The van der Waals surface area contributed by atoms with Gasteiger partial charge in [0, 0.05) is 19.8 Å². The van der Waals surface area contributed by atoms with Gasteiger partial charge in [-0.1, -0.05) is 12.1 Å². The lowest BCUT2D eigenvalue weighted by Gasteiger charge is -2.11. The molecule has 0 radical (unpaired) electrons. The molecule has 0 bridgehead atoms. The topological polar surface area (TPSA) is 106 Å². The van der Waals surface area contributed by atoms with E-state index in [4.69, 9.17) is 10.00 Å². The van der Waals surface area contributed by atoms with Crippen LogP contribution in [0.25, 0.3) is 6.08 Å². The van der Waals surface area contributed by atoms with Gasteiger partial charge in [-0.2, -0.15) is 10.5 Å². The molecule has 0 saturated carbocycles. The minimum absolute atomic E-state index is 0.214. The predicted molar refractivity (Wildman–Crippen MR) is 103 cm³/mol. The molecule has 0 spiro atoms. The summed E-state index contributed by atoms with van der Waals surface area (Å²) in [4.78, 5) is 25.8. The van der Waals surface area contributed by atoms with Crippen molar-refractivity contribution in [1.82, 2.24) is 0 Å². The monoisotopic (exact) mass is 380 g/mol. The van der Waals surface area contributed by atoms with E-state index in [1.807, 2.05) is 37.2 Å². The summed E-state index contributed by atoms with van der Waals surface area (Å²) in [5.74, 6) is -1.48. The summed E-state index contributed by atoms with van der Waals surface area (Å²) in [5, 5.41) is 22.6. The van der Waals surface area contributed by atoms with Gasteiger partial charge in [-0.05, 0) is 35.2 Å². The molecule has 1 heterocycles. The Morgan fingerprint density at radius 3 is 2.52 bits per heavy atom. The van der Waals surface area contributed by atoms with Crippen molar-refractivity contribution in [3.8, 4) is 12.1 Å². The number of hydrogen-bond donors (Lipinski definition) is 1. The van der Waals surface area contributed by atoms with Gasteiger partial charge in [0.05, 0.1) is 5.56 Å². The van der Waals surface area contributed by atoms with Crippen LogP contribution in [0.1, 0.15) is 11.1 Å². The molecule has 8 heteroatoms. The van der Waals surface area contributed by atoms with Crippen molar-refractivity contribution in [3.05, 3.63) is 52.4 Å². The third-order valence-corrected chi connectivity index (χ3v) is 4.26. The molecule has 0 aliphatic carbocycles. The Morgan fingerprint density at radius 1 is 1.22 bits per heavy atom. The molecule has 27 heavy (non-hydrogen) atoms. The summed E-state index contributed by atoms with van der Waals surface area (Å²) in [7, 11) is 3.81. The van der Waals surface area contributed by atoms with Crippen LogP contribution in [0.4, 0.5) is 10.7 Å². The first-order valence-electron chi connectivity index (χ1n) is 7.78. The van der Waals surface area contributed by atoms with Gasteiger partial charge >= 0.3 is 5.97 Å². The SMILES string of the molecule is CN(C)c1ccc(/C=C(\C#N)C(=O)OCC(=O)Nc2sccc2C#N)cc1. The second kappa shape index (κ2) is 9.18. The van der Waals surface area contributed by atoms with Crippen molar-refractivity contribution < 1.29 is 14.3 Å². The molecular weight excluding hydrogens is 364 g/mol. The first kappa shape index (κ1) is 19.7. The lowest BCUT2D eigenvalue weighted by Crippen LogP contribution is -2.21. The molecule has 0 saturated heterocycles. The molecule has 1 amide bonds. The van der Waals surface area contributed by atoms with Crippen LogP contribution in [0.15, 0.2) is 41.3 Å². The number of carbonyl (C=O) groups is 2. The second-order valence-corrected chi connectivity index (χ2v) is 6.47. The quantitative estimate of drug-likeness (QED) is 0.469. The van der Waals surface area contributed by atoms with Crippen LogP contribution in [0.3, 0.4) is 0 Å². The Balaban J connectivity index is 1.97. The number of hydrogen-bond acceptors (Lipinski definition) is 7. The van der Waals surface area contributed by atoms with Gasteiger partial charge in [-0.3, -0.25) is 4.79 Å². The summed E-state index contributed by atoms with van der Waals surface area (Å²) < 4.78 is 4.89. The van der Waals surface area contributed by atoms with Crippen LogP contribution in [0.5, 0.6) is 0 Å². The Hall–Kier alpha value is -3.62. The van der Waals surface area contributed by atoms with Gasteiger partial charge in [-0.15, -0.1) is 11.3 Å². The zero-order valence-corrected chi connectivity index (χ0v) is 15.5. The van der Waals surface area contributed by atoms with E-state index in [1.165, 1.54) is 17.4 Å². The molecule has 1 N–H and O–H groups in total. The lowest BCUT2D eigenvalue weighted by atomic mass is 10.1. The lowest BCUT2D eigenvalue weighted by molar-refractivity contribution is -0.142. The fourth-order valence-electron chi connectivity index (χ4n) is 2.04. The molecule has 0 unspecified atom stereocenters. The normalized spacial score (nSPS) is 10.4. The smallest absolute Gasteiger partial charge is 0.349 e. The number of carbonyl (C=O) groups excluding carboxylic acids is 2. The van der Waals surface area contributed by atoms with Gasteiger partial charge in [0.25, 0.3) is 5.91 Å². The van der Waals surface area contributed by atoms with Crippen molar-refractivity contribution in [2.75, 3.05) is 30.9 Å². The van der Waals surface area contributed by atoms with Crippen molar-refractivity contribution in [1.29, 1.82) is 10.5 Å². The molecular formula is C19H16N4O3S. The molecule has 7 nitrogen and oxygen atoms in total. The number of esters is 1. The summed E-state index contributed by atoms with van der Waals surface area (Å²) in [6, 6.07) is 12.5. The fourth-order valence-corrected chi connectivity index (χ4v) is 2.79. The van der Waals surface area contributed by atoms with Crippen LogP contribution >= 0.6 is 11.3 Å². The van der Waals surface area contributed by atoms with Crippen LogP contribution in [0, 0.1) is 22.7 Å². The zero-order chi connectivity index (χ0) is 19.8. The number of benzene rings is 1. The Labute approximate surface area is 160 Å². The molecule has 1 aromatic carbocycles. The Morgan fingerprint density at radius 2 is 1.93 bits per heavy atom. The number of thiophene rings is 1. The average molecular weight is 380 g/mol. The van der Waals surface area contributed by atoms with Crippen molar-refractivity contribution in [3.63, 3.8) is 0 Å². The van der Waals surface area contributed by atoms with Crippen molar-refractivity contribution in [2.45, 2.75) is 0 Å². The number of ether oxygens (including phenoxy) is 1. The highest BCUT2D eigenvalue weighted by molar-refractivity contribution is 7.14. The van der Waals surface area contributed by atoms with Crippen molar-refractivity contribution in [2.24, 2.45) is 0 Å². The highest BCUT2D eigenvalue weighted by Crippen LogP contribution is 2.22. The maximum Gasteiger partial charge on any atom is 0.349 e. The minimum Gasteiger partial charge on any atom is -0.451 e. The van der Waals surface area contributed by atoms with Crippen LogP contribution in [0.2, 0.25) is 0 Å². The third kappa shape index (κ3) is 5.43. The van der Waals surface area contributed by atoms with E-state index >= 15 is 0 Å². The summed E-state index contributed by atoms with van der Waals surface area (Å²) in [5.41, 5.74) is 1.76. The van der Waals surface area contributed by atoms with E-state index in [0.29, 0.717) is 16.1 Å². The van der Waals surface area contributed by atoms with Gasteiger partial charge in [0.1, 0.15) is 22.7 Å². The standard InChI is InChI=1S/C19H16N4O3S/c1-23(2)16-5-3-13(4-6-16)9-15(11-21)19(25)26-12-17(24)22-18-14(10-20)7-8-27-18/h3-9H,12H2,1-2H3,(H,22,24)/b15-9+. The molecule has 2 rings (SSSR count). The number of rotatable bonds is 6. The summed E-state index contributed by atoms with van der Waals surface area (Å²) >= 11 is 1.19. The molecule has 0 aliphatic heterocycles. The van der Waals surface area contributed by atoms with E-state index in [0.717, 1.165) is 5.69 Å². The average Bonchev–Trinajstić information content (AvgIpc) is 3.11. The van der Waals surface area contributed by atoms with E-state index in [-0.39, 0.29) is 5.57 Å². The molecule has 0 fully saturated rings. The summed E-state index contributed by atoms with van der Waals surface area (Å²) in [6.45, 7) is -0.555. The number of nitrogens with zero attached hydrogens (tertiary/aromatic N) is 3. The van der Waals surface area contributed by atoms with E-state index in [2.05, 4.69) is 5.32 Å². The van der Waals surface area contributed by atoms with Crippen LogP contribution in [-0.2, 0) is 14.3 Å². The van der Waals surface area contributed by atoms with Crippen LogP contribution < -0.4 is 10.2 Å². The molecule has 2 aromatic rings. The fraction of sp³-hybridized carbons (Fsp3) is 0.158. The number of amides is 1. The number of anilines is 2. The van der Waals surface area contributed by atoms with Gasteiger partial charge < -0.3 is 15.0 Å². The molecule has 1 aromatic heterocycles. The first-order valence-corrected chi connectivity index (χ1v) is 8.66. The van der Waals surface area contributed by atoms with E-state index in [9.17, 15) is 14.9 Å². The summed E-state index contributed by atoms with van der Waals surface area (Å²) in [6.07, 6.45) is 1.40. The maximum atomic E-state index is 12.0. The highest BCUT2D eigenvalue weighted by Gasteiger charge is 2.14. The van der Waals surface area contributed by atoms with Gasteiger partial charge in [-0.25, -0.2) is 4.79 Å². The zero-order valence-electron chi connectivity index (χ0n) is 14.7. The predicted octanol–water partition coefficient (Wildman–Crippen LogP) is 2.77. The molecule has 0 atom stereocenters. The third-order valence-electron chi connectivity index (χ3n) is 3.43. The van der Waals surface area contributed by atoms with E-state index < -0.39 is 18.5 Å². The second-order valence-electron chi connectivity index (χ2n) is 5.56. The minimum atomic E-state index is -0.893. The first-order chi connectivity index (χ1) is 12.9. The number of nitriles is 2. The highest BCUT2D eigenvalue weighted by atomic mass is 32.1. The molecule has 0 aliphatic rings. The maximum absolute atomic E-state index is 12.0. The Bertz CT molecular complexity index is 947. The van der Waals surface area contributed by atoms with E-state index in [1.54, 1.807) is 29.6 Å². The Kier molecular flexibility index (Phi) is 6.70. The van der Waals surface area contributed by atoms with Gasteiger partial charge in [0.2, 0.25) is 0 Å². The number of nitrogens with one attached hydrogen (secondary N) is 1. The van der Waals surface area contributed by atoms with Crippen molar-refractivity contribution >= 4 is 40.0 Å².